The van der Waals surface area contributed by atoms with Crippen molar-refractivity contribution in [2.24, 2.45) is 0 Å². The molecule has 0 bridgehead atoms. The van der Waals surface area contributed by atoms with E-state index in [0.29, 0.717) is 18.7 Å². The van der Waals surface area contributed by atoms with Crippen LogP contribution >= 0.6 is 0 Å². The molecule has 1 atom stereocenters. The van der Waals surface area contributed by atoms with Gasteiger partial charge in [0.25, 0.3) is 5.91 Å². The average molecular weight is 308 g/mol. The van der Waals surface area contributed by atoms with Crippen molar-refractivity contribution in [1.29, 1.82) is 5.26 Å². The second kappa shape index (κ2) is 7.57. The Kier molecular flexibility index (Phi) is 5.51. The summed E-state index contributed by atoms with van der Waals surface area (Å²) >= 11 is 0. The van der Waals surface area contributed by atoms with Crippen molar-refractivity contribution in [2.75, 3.05) is 18.9 Å². The van der Waals surface area contributed by atoms with E-state index in [-0.39, 0.29) is 5.91 Å². The van der Waals surface area contributed by atoms with Gasteiger partial charge in [-0.2, -0.15) is 5.26 Å². The molecular weight excluding hydrogens is 286 g/mol. The average Bonchev–Trinajstić information content (AvgIpc) is 2.51. The SMILES string of the molecule is Cc1cccc(NC(=O)C[NH+](C)Cc2cccc(C#N)c2)c1C. The number of nitriles is 1. The normalized spacial score (nSPS) is 11.6. The summed E-state index contributed by atoms with van der Waals surface area (Å²) in [4.78, 5) is 13.3. The van der Waals surface area contributed by atoms with Crippen LogP contribution in [-0.4, -0.2) is 19.5 Å². The predicted octanol–water partition coefficient (Wildman–Crippen LogP) is 1.83. The summed E-state index contributed by atoms with van der Waals surface area (Å²) in [6.07, 6.45) is 0. The molecule has 0 spiro atoms. The maximum atomic E-state index is 12.2. The van der Waals surface area contributed by atoms with Gasteiger partial charge in [-0.15, -0.1) is 0 Å². The van der Waals surface area contributed by atoms with Gasteiger partial charge in [0.05, 0.1) is 18.7 Å². The number of rotatable bonds is 5. The Morgan fingerprint density at radius 1 is 1.22 bits per heavy atom. The first-order valence-electron chi connectivity index (χ1n) is 7.66. The Morgan fingerprint density at radius 2 is 1.96 bits per heavy atom. The lowest BCUT2D eigenvalue weighted by molar-refractivity contribution is -0.885. The van der Waals surface area contributed by atoms with E-state index in [4.69, 9.17) is 5.26 Å². The van der Waals surface area contributed by atoms with Gasteiger partial charge in [-0.1, -0.05) is 24.3 Å². The molecule has 2 rings (SSSR count). The van der Waals surface area contributed by atoms with Crippen LogP contribution in [0.25, 0.3) is 0 Å². The smallest absolute Gasteiger partial charge is 0.279 e. The van der Waals surface area contributed by atoms with Gasteiger partial charge in [0.1, 0.15) is 6.54 Å². The molecule has 0 aliphatic carbocycles. The number of anilines is 1. The predicted molar refractivity (Wildman–Crippen MR) is 91.2 cm³/mol. The third kappa shape index (κ3) is 4.67. The number of carbonyl (C=O) groups excluding carboxylic acids is 1. The molecule has 1 amide bonds. The molecule has 2 aromatic rings. The van der Waals surface area contributed by atoms with Crippen LogP contribution in [0.5, 0.6) is 0 Å². The van der Waals surface area contributed by atoms with Crippen LogP contribution in [0.4, 0.5) is 5.69 Å². The molecule has 0 aromatic heterocycles. The number of quaternary nitrogens is 1. The van der Waals surface area contributed by atoms with E-state index in [2.05, 4.69) is 11.4 Å². The lowest BCUT2D eigenvalue weighted by Gasteiger charge is -2.15. The molecule has 0 saturated carbocycles. The minimum absolute atomic E-state index is 0.00682. The van der Waals surface area contributed by atoms with Gasteiger partial charge in [-0.3, -0.25) is 4.79 Å². The van der Waals surface area contributed by atoms with E-state index >= 15 is 0 Å². The van der Waals surface area contributed by atoms with Crippen LogP contribution in [0.3, 0.4) is 0 Å². The van der Waals surface area contributed by atoms with E-state index < -0.39 is 0 Å². The molecule has 2 N–H and O–H groups in total. The zero-order chi connectivity index (χ0) is 16.8. The van der Waals surface area contributed by atoms with E-state index in [1.165, 1.54) is 0 Å². The summed E-state index contributed by atoms with van der Waals surface area (Å²) in [5, 5.41) is 11.9. The Bertz CT molecular complexity index is 747. The summed E-state index contributed by atoms with van der Waals surface area (Å²) in [5.41, 5.74) is 4.84. The molecule has 0 saturated heterocycles. The van der Waals surface area contributed by atoms with Gasteiger partial charge < -0.3 is 10.2 Å². The van der Waals surface area contributed by atoms with E-state index in [9.17, 15) is 4.79 Å². The highest BCUT2D eigenvalue weighted by Crippen LogP contribution is 2.17. The molecule has 0 aliphatic rings. The van der Waals surface area contributed by atoms with E-state index in [1.54, 1.807) is 6.07 Å². The molecule has 1 unspecified atom stereocenters. The van der Waals surface area contributed by atoms with Crippen LogP contribution in [0, 0.1) is 25.2 Å². The summed E-state index contributed by atoms with van der Waals surface area (Å²) < 4.78 is 0. The second-order valence-electron chi connectivity index (χ2n) is 5.92. The third-order valence-corrected chi connectivity index (χ3v) is 3.90. The van der Waals surface area contributed by atoms with Gasteiger partial charge in [0.2, 0.25) is 0 Å². The maximum absolute atomic E-state index is 12.2. The minimum Gasteiger partial charge on any atom is -0.326 e. The number of carbonyl (C=O) groups is 1. The number of nitrogens with one attached hydrogen (secondary N) is 2. The molecule has 23 heavy (non-hydrogen) atoms. The first-order chi connectivity index (χ1) is 11.0. The molecule has 0 radical (unpaired) electrons. The zero-order valence-electron chi connectivity index (χ0n) is 13.8. The number of benzene rings is 2. The van der Waals surface area contributed by atoms with Gasteiger partial charge >= 0.3 is 0 Å². The number of amides is 1. The highest BCUT2D eigenvalue weighted by Gasteiger charge is 2.12. The summed E-state index contributed by atoms with van der Waals surface area (Å²) in [7, 11) is 1.97. The van der Waals surface area contributed by atoms with Crippen LogP contribution in [0.1, 0.15) is 22.3 Å². The van der Waals surface area contributed by atoms with Gasteiger partial charge in [0, 0.05) is 11.3 Å². The first kappa shape index (κ1) is 16.7. The molecule has 118 valence electrons. The first-order valence-corrected chi connectivity index (χ1v) is 7.66. The highest BCUT2D eigenvalue weighted by molar-refractivity contribution is 5.92. The van der Waals surface area contributed by atoms with Crippen LogP contribution in [-0.2, 0) is 11.3 Å². The molecule has 4 heteroatoms. The molecule has 0 fully saturated rings. The molecule has 2 aromatic carbocycles. The Hall–Kier alpha value is -2.64. The van der Waals surface area contributed by atoms with Crippen LogP contribution in [0.15, 0.2) is 42.5 Å². The number of hydrogen-bond donors (Lipinski definition) is 2. The quantitative estimate of drug-likeness (QED) is 0.885. The van der Waals surface area contributed by atoms with Gasteiger partial charge in [-0.25, -0.2) is 0 Å². The fourth-order valence-electron chi connectivity index (χ4n) is 2.52. The Balaban J connectivity index is 1.94. The lowest BCUT2D eigenvalue weighted by Crippen LogP contribution is -3.08. The number of aryl methyl sites for hydroxylation is 1. The Labute approximate surface area is 137 Å². The van der Waals surface area contributed by atoms with Gasteiger partial charge in [-0.05, 0) is 43.2 Å². The number of likely N-dealkylation sites (N-methyl/N-ethyl adjacent to an activating group) is 1. The largest absolute Gasteiger partial charge is 0.326 e. The van der Waals surface area contributed by atoms with Crippen molar-refractivity contribution in [3.05, 3.63) is 64.7 Å². The van der Waals surface area contributed by atoms with Crippen molar-refractivity contribution in [2.45, 2.75) is 20.4 Å². The second-order valence-corrected chi connectivity index (χ2v) is 5.92. The van der Waals surface area contributed by atoms with Crippen LogP contribution < -0.4 is 10.2 Å². The molecule has 0 aliphatic heterocycles. The van der Waals surface area contributed by atoms with Gasteiger partial charge in [0.15, 0.2) is 6.54 Å². The third-order valence-electron chi connectivity index (χ3n) is 3.90. The number of hydrogen-bond acceptors (Lipinski definition) is 2. The van der Waals surface area contributed by atoms with E-state index in [0.717, 1.165) is 27.3 Å². The topological polar surface area (TPSA) is 57.3 Å². The van der Waals surface area contributed by atoms with Crippen LogP contribution in [0.2, 0.25) is 0 Å². The van der Waals surface area contributed by atoms with Crippen molar-refractivity contribution in [3.8, 4) is 6.07 Å². The Morgan fingerprint density at radius 3 is 2.70 bits per heavy atom. The van der Waals surface area contributed by atoms with E-state index in [1.807, 2.05) is 57.3 Å². The summed E-state index contributed by atoms with van der Waals surface area (Å²) in [6, 6.07) is 15.5. The summed E-state index contributed by atoms with van der Waals surface area (Å²) in [5.74, 6) is -0.00682. The fourth-order valence-corrected chi connectivity index (χ4v) is 2.52. The summed E-state index contributed by atoms with van der Waals surface area (Å²) in [6.45, 7) is 5.12. The van der Waals surface area contributed by atoms with Crippen molar-refractivity contribution >= 4 is 11.6 Å². The number of nitrogens with zero attached hydrogens (tertiary/aromatic N) is 1. The minimum atomic E-state index is -0.00682. The monoisotopic (exact) mass is 308 g/mol. The highest BCUT2D eigenvalue weighted by atomic mass is 16.2. The molecular formula is C19H22N3O+. The molecule has 0 heterocycles. The molecule has 4 nitrogen and oxygen atoms in total. The zero-order valence-corrected chi connectivity index (χ0v) is 13.8. The fraction of sp³-hybridized carbons (Fsp3) is 0.263. The lowest BCUT2D eigenvalue weighted by atomic mass is 10.1. The standard InChI is InChI=1S/C19H21N3O/c1-14-6-4-9-18(15(14)2)21-19(23)13-22(3)12-17-8-5-7-16(10-17)11-20/h4-10H,12-13H2,1-3H3,(H,21,23)/p+1. The van der Waals surface area contributed by atoms with Crippen molar-refractivity contribution in [1.82, 2.24) is 0 Å². The van der Waals surface area contributed by atoms with Crippen molar-refractivity contribution in [3.63, 3.8) is 0 Å². The van der Waals surface area contributed by atoms with Crippen molar-refractivity contribution < 1.29 is 9.69 Å². The maximum Gasteiger partial charge on any atom is 0.279 e.